The number of hydrogen-bond donors (Lipinski definition) is 2. The summed E-state index contributed by atoms with van der Waals surface area (Å²) in [6.07, 6.45) is -0.0292. The molecule has 290 valence electrons. The Labute approximate surface area is 340 Å². The van der Waals surface area contributed by atoms with Gasteiger partial charge >= 0.3 is 7.82 Å². The number of rotatable bonds is 13. The summed E-state index contributed by atoms with van der Waals surface area (Å²) in [6, 6.07) is 30.8. The van der Waals surface area contributed by atoms with Crippen molar-refractivity contribution in [2.75, 3.05) is 11.9 Å². The number of carbonyl (C=O) groups excluding carboxylic acids is 1. The van der Waals surface area contributed by atoms with Crippen LogP contribution >= 0.6 is 30.8 Å². The predicted molar refractivity (Wildman–Crippen MR) is 224 cm³/mol. The van der Waals surface area contributed by atoms with Gasteiger partial charge in [0.15, 0.2) is 5.82 Å². The Kier molecular flexibility index (Phi) is 12.6. The highest BCUT2D eigenvalue weighted by Gasteiger charge is 2.33. The average Bonchev–Trinajstić information content (AvgIpc) is 3.70. The molecule has 0 unspecified atom stereocenters. The fraction of sp³-hybridized carbons (Fsp3) is 0.209. The lowest BCUT2D eigenvalue weighted by Gasteiger charge is -2.19. The molecule has 11 nitrogen and oxygen atoms in total. The second-order valence-corrected chi connectivity index (χ2v) is 16.6. The van der Waals surface area contributed by atoms with Gasteiger partial charge in [-0.1, -0.05) is 96.2 Å². The van der Waals surface area contributed by atoms with Gasteiger partial charge in [0.2, 0.25) is 5.91 Å². The number of phosphoric ester groups is 1. The Morgan fingerprint density at radius 3 is 2.19 bits per heavy atom. The molecule has 0 saturated heterocycles. The molecule has 0 fully saturated rings. The first-order valence-electron chi connectivity index (χ1n) is 18.2. The summed E-state index contributed by atoms with van der Waals surface area (Å²) in [5.74, 6) is 6.87. The van der Waals surface area contributed by atoms with Gasteiger partial charge in [-0.2, -0.15) is 0 Å². The number of benzene rings is 4. The zero-order valence-electron chi connectivity index (χ0n) is 31.6. The molecular formula is C43H40ClN6O5PS. The fourth-order valence-electron chi connectivity index (χ4n) is 6.30. The first-order chi connectivity index (χ1) is 27.6. The van der Waals surface area contributed by atoms with Gasteiger partial charge in [-0.3, -0.25) is 27.9 Å². The molecule has 3 N–H and O–H groups in total. The molecule has 6 aromatic rings. The van der Waals surface area contributed by atoms with E-state index in [0.29, 0.717) is 33.5 Å². The SMILES string of the molecule is Cc1sc2c(c1C)C(c1ccc(Cl)cc1)=N[C@@H](CC(=O)Nc1ccc(C#CCN)c(COP(=O)(OCc3ccccc3)OCc3ccccc3)c1)c1nnc(C)n1-2. The van der Waals surface area contributed by atoms with E-state index in [1.165, 1.54) is 0 Å². The lowest BCUT2D eigenvalue weighted by Crippen LogP contribution is -2.17. The molecule has 0 aliphatic carbocycles. The maximum atomic E-state index is 14.1. The quantitative estimate of drug-likeness (QED) is 0.0868. The number of thiophene rings is 1. The van der Waals surface area contributed by atoms with Crippen LogP contribution in [0.15, 0.2) is 108 Å². The van der Waals surface area contributed by atoms with Crippen LogP contribution in [-0.4, -0.2) is 32.9 Å². The van der Waals surface area contributed by atoms with Crippen molar-refractivity contribution in [3.8, 4) is 16.8 Å². The number of carbonyl (C=O) groups is 1. The molecule has 0 radical (unpaired) electrons. The Bertz CT molecular complexity index is 2480. The number of nitrogens with zero attached hydrogens (tertiary/aromatic N) is 4. The fourth-order valence-corrected chi connectivity index (χ4v) is 8.77. The van der Waals surface area contributed by atoms with E-state index in [9.17, 15) is 9.36 Å². The third-order valence-electron chi connectivity index (χ3n) is 9.29. The van der Waals surface area contributed by atoms with E-state index in [2.05, 4.69) is 41.2 Å². The van der Waals surface area contributed by atoms with Gasteiger partial charge < -0.3 is 11.1 Å². The van der Waals surface area contributed by atoms with Gasteiger partial charge in [0.25, 0.3) is 0 Å². The number of nitrogens with one attached hydrogen (secondary N) is 1. The van der Waals surface area contributed by atoms with E-state index >= 15 is 0 Å². The van der Waals surface area contributed by atoms with E-state index in [0.717, 1.165) is 43.4 Å². The van der Waals surface area contributed by atoms with Gasteiger partial charge in [-0.25, -0.2) is 4.57 Å². The van der Waals surface area contributed by atoms with Crippen LogP contribution in [0, 0.1) is 32.6 Å². The van der Waals surface area contributed by atoms with Gasteiger partial charge in [0, 0.05) is 32.3 Å². The number of anilines is 1. The summed E-state index contributed by atoms with van der Waals surface area (Å²) in [7, 11) is -4.12. The van der Waals surface area contributed by atoms with Crippen molar-refractivity contribution in [2.24, 2.45) is 10.7 Å². The number of aromatic nitrogens is 3. The number of halogens is 1. The Hall–Kier alpha value is -5.22. The molecule has 1 atom stereocenters. The highest BCUT2D eigenvalue weighted by molar-refractivity contribution is 7.48. The number of aliphatic imine (C=N–C) groups is 1. The molecule has 4 aromatic carbocycles. The summed E-state index contributed by atoms with van der Waals surface area (Å²) < 4.78 is 33.7. The number of phosphoric acid groups is 1. The molecule has 14 heteroatoms. The van der Waals surface area contributed by atoms with E-state index in [1.54, 1.807) is 29.5 Å². The number of fused-ring (bicyclic) bond motifs is 3. The summed E-state index contributed by atoms with van der Waals surface area (Å²) in [6.45, 7) is 6.01. The Morgan fingerprint density at radius 1 is 0.895 bits per heavy atom. The maximum absolute atomic E-state index is 14.1. The third kappa shape index (κ3) is 9.50. The molecule has 7 rings (SSSR count). The van der Waals surface area contributed by atoms with Crippen molar-refractivity contribution < 1.29 is 22.9 Å². The third-order valence-corrected chi connectivity index (χ3v) is 12.1. The molecule has 1 aliphatic heterocycles. The minimum Gasteiger partial charge on any atom is -0.326 e. The standard InChI is InChI=1S/C43H40ClN6O5PS/c1-28-29(2)57-43-40(28)41(34-16-19-36(44)20-17-34)47-38(42-49-48-30(3)50(42)43)24-39(51)46-37-21-18-33(15-10-22-45)35(23-37)27-55-56(52,53-25-31-11-6-4-7-12-31)54-26-32-13-8-5-9-14-32/h4-9,11-14,16-21,23,38H,22,24-27,45H2,1-3H3,(H,46,51)/t38-/m0/s1. The summed E-state index contributed by atoms with van der Waals surface area (Å²) >= 11 is 7.91. The van der Waals surface area contributed by atoms with Crippen LogP contribution in [0.2, 0.25) is 5.02 Å². The number of hydrogen-bond acceptors (Lipinski definition) is 10. The van der Waals surface area contributed by atoms with Crippen LogP contribution in [0.5, 0.6) is 0 Å². The first kappa shape index (κ1) is 40.0. The second kappa shape index (κ2) is 17.9. The smallest absolute Gasteiger partial charge is 0.326 e. The van der Waals surface area contributed by atoms with Crippen LogP contribution in [0.3, 0.4) is 0 Å². The van der Waals surface area contributed by atoms with E-state index < -0.39 is 13.9 Å². The monoisotopic (exact) mass is 818 g/mol. The number of aryl methyl sites for hydroxylation is 2. The van der Waals surface area contributed by atoms with Crippen LogP contribution < -0.4 is 11.1 Å². The van der Waals surface area contributed by atoms with Gasteiger partial charge in [-0.15, -0.1) is 21.5 Å². The molecule has 1 aliphatic rings. The number of nitrogens with two attached hydrogens (primary N) is 1. The number of amides is 1. The van der Waals surface area contributed by atoms with Crippen LogP contribution in [0.4, 0.5) is 5.69 Å². The van der Waals surface area contributed by atoms with Crippen molar-refractivity contribution in [1.82, 2.24) is 14.8 Å². The lowest BCUT2D eigenvalue weighted by atomic mass is 9.99. The highest BCUT2D eigenvalue weighted by atomic mass is 35.5. The molecular weight excluding hydrogens is 779 g/mol. The minimum absolute atomic E-state index is 0.00612. The zero-order valence-corrected chi connectivity index (χ0v) is 34.0. The van der Waals surface area contributed by atoms with Crippen molar-refractivity contribution in [2.45, 2.75) is 53.1 Å². The topological polar surface area (TPSA) is 143 Å². The lowest BCUT2D eigenvalue weighted by molar-refractivity contribution is -0.116. The minimum atomic E-state index is -4.12. The summed E-state index contributed by atoms with van der Waals surface area (Å²) in [4.78, 5) is 20.3. The van der Waals surface area contributed by atoms with Gasteiger partial charge in [0.1, 0.15) is 16.9 Å². The van der Waals surface area contributed by atoms with E-state index in [1.807, 2.05) is 96.4 Å². The van der Waals surface area contributed by atoms with Crippen molar-refractivity contribution in [3.05, 3.63) is 164 Å². The maximum Gasteiger partial charge on any atom is 0.475 e. The largest absolute Gasteiger partial charge is 0.475 e. The van der Waals surface area contributed by atoms with Gasteiger partial charge in [-0.05, 0) is 73.4 Å². The van der Waals surface area contributed by atoms with E-state index in [4.69, 9.17) is 35.9 Å². The average molecular weight is 819 g/mol. The Morgan fingerprint density at radius 2 is 1.54 bits per heavy atom. The first-order valence-corrected chi connectivity index (χ1v) is 20.9. The molecule has 0 spiro atoms. The normalized spacial score (nSPS) is 13.5. The zero-order chi connectivity index (χ0) is 39.9. The second-order valence-electron chi connectivity index (χ2n) is 13.3. The van der Waals surface area contributed by atoms with Crippen molar-refractivity contribution in [3.63, 3.8) is 0 Å². The van der Waals surface area contributed by atoms with Crippen LogP contribution in [0.25, 0.3) is 5.00 Å². The molecule has 0 saturated carbocycles. The van der Waals surface area contributed by atoms with Gasteiger partial charge in [0.05, 0.1) is 38.5 Å². The molecule has 3 heterocycles. The predicted octanol–water partition coefficient (Wildman–Crippen LogP) is 9.20. The molecule has 0 bridgehead atoms. The molecule has 1 amide bonds. The summed E-state index contributed by atoms with van der Waals surface area (Å²) in [5.41, 5.74) is 12.6. The molecule has 2 aromatic heterocycles. The van der Waals surface area contributed by atoms with Crippen LogP contribution in [0.1, 0.15) is 67.9 Å². The highest BCUT2D eigenvalue weighted by Crippen LogP contribution is 2.52. The Balaban J connectivity index is 1.15. The van der Waals surface area contributed by atoms with Crippen molar-refractivity contribution >= 4 is 48.1 Å². The van der Waals surface area contributed by atoms with E-state index in [-0.39, 0.29) is 38.7 Å². The van der Waals surface area contributed by atoms with Crippen molar-refractivity contribution in [1.29, 1.82) is 0 Å². The summed E-state index contributed by atoms with van der Waals surface area (Å²) in [5, 5.41) is 13.5. The molecule has 57 heavy (non-hydrogen) atoms. The van der Waals surface area contributed by atoms with Crippen LogP contribution in [-0.2, 0) is 42.8 Å².